The molecule has 1 aromatic carbocycles. The second-order valence-electron chi connectivity index (χ2n) is 22.2. The van der Waals surface area contributed by atoms with Gasteiger partial charge in [-0.15, -0.1) is 11.3 Å². The number of fused-ring (bicyclic) bond motifs is 4. The summed E-state index contributed by atoms with van der Waals surface area (Å²) in [6.07, 6.45) is -0.427. The first-order valence-electron chi connectivity index (χ1n) is 26.2. The number of methoxy groups -OCH3 is 1. The van der Waals surface area contributed by atoms with Crippen molar-refractivity contribution in [3.63, 3.8) is 0 Å². The van der Waals surface area contributed by atoms with Crippen LogP contribution in [0.4, 0.5) is 13.2 Å². The molecule has 2 N–H and O–H groups in total. The van der Waals surface area contributed by atoms with Crippen LogP contribution in [0, 0.1) is 29.1 Å². The zero-order valence-electron chi connectivity index (χ0n) is 42.7. The highest BCUT2D eigenvalue weighted by atomic mass is 32.1. The van der Waals surface area contributed by atoms with E-state index in [1.165, 1.54) is 33.8 Å². The molecule has 6 atom stereocenters. The molecule has 396 valence electrons. The zero-order valence-corrected chi connectivity index (χ0v) is 43.5. The Morgan fingerprint density at radius 1 is 1.05 bits per heavy atom. The molecular formula is C54H66F3N9O7S. The van der Waals surface area contributed by atoms with E-state index in [0.29, 0.717) is 114 Å². The highest BCUT2D eigenvalue weighted by Gasteiger charge is 2.53. The summed E-state index contributed by atoms with van der Waals surface area (Å²) in [6, 6.07) is 4.97. The van der Waals surface area contributed by atoms with Crippen molar-refractivity contribution < 1.29 is 46.5 Å². The predicted molar refractivity (Wildman–Crippen MR) is 270 cm³/mol. The molecule has 12 rings (SSSR count). The van der Waals surface area contributed by atoms with Gasteiger partial charge in [-0.05, 0) is 68.7 Å². The second-order valence-corrected chi connectivity index (χ2v) is 23.1. The third-order valence-electron chi connectivity index (χ3n) is 16.1. The largest absolute Gasteiger partial charge is 0.464 e. The summed E-state index contributed by atoms with van der Waals surface area (Å²) >= 11 is 1.35. The normalized spacial score (nSPS) is 28.3. The van der Waals surface area contributed by atoms with Crippen LogP contribution in [-0.4, -0.2) is 168 Å². The fourth-order valence-electron chi connectivity index (χ4n) is 11.7. The van der Waals surface area contributed by atoms with Gasteiger partial charge in [-0.1, -0.05) is 38.7 Å². The van der Waals surface area contributed by atoms with Crippen LogP contribution in [-0.2, 0) is 46.3 Å². The maximum absolute atomic E-state index is 15.2. The Balaban J connectivity index is 1.05. The predicted octanol–water partition coefficient (Wildman–Crippen LogP) is 5.74. The van der Waals surface area contributed by atoms with Crippen molar-refractivity contribution in [1.82, 2.24) is 45.0 Å². The Bertz CT molecular complexity index is 2840. The van der Waals surface area contributed by atoms with Gasteiger partial charge in [-0.3, -0.25) is 39.1 Å². The monoisotopic (exact) mass is 1040 g/mol. The van der Waals surface area contributed by atoms with E-state index in [1.54, 1.807) is 25.4 Å². The maximum Gasteiger partial charge on any atom is 0.406 e. The van der Waals surface area contributed by atoms with Crippen molar-refractivity contribution in [2.45, 2.75) is 115 Å². The van der Waals surface area contributed by atoms with Gasteiger partial charge in [0, 0.05) is 109 Å². The number of piperazine rings is 1. The number of hydrogen-bond acceptors (Lipinski definition) is 14. The number of amides is 2. The summed E-state index contributed by atoms with van der Waals surface area (Å²) in [5.74, 6) is 5.14. The molecule has 5 saturated heterocycles. The number of hydrazine groups is 1. The lowest BCUT2D eigenvalue weighted by molar-refractivity contribution is -0.174. The smallest absolute Gasteiger partial charge is 0.406 e. The van der Waals surface area contributed by atoms with Gasteiger partial charge in [0.05, 0.1) is 62.2 Å². The number of benzene rings is 1. The Hall–Kier alpha value is -4.98. The van der Waals surface area contributed by atoms with E-state index >= 15 is 18.0 Å². The third-order valence-corrected chi connectivity index (χ3v) is 17.1. The number of esters is 1. The Kier molecular flexibility index (Phi) is 14.2. The van der Waals surface area contributed by atoms with Gasteiger partial charge in [-0.25, -0.2) is 10.4 Å². The van der Waals surface area contributed by atoms with Crippen LogP contribution in [0.5, 0.6) is 0 Å². The number of cyclic esters (lactones) is 1. The number of ether oxygens (including phenoxy) is 4. The quantitative estimate of drug-likeness (QED) is 0.155. The van der Waals surface area contributed by atoms with Crippen LogP contribution in [0.2, 0.25) is 0 Å². The summed E-state index contributed by atoms with van der Waals surface area (Å²) in [7, 11) is 1.55. The summed E-state index contributed by atoms with van der Waals surface area (Å²) < 4.78 is 70.3. The molecule has 2 saturated carbocycles. The molecule has 8 aliphatic rings. The molecule has 4 aromatic rings. The molecule has 0 radical (unpaired) electrons. The van der Waals surface area contributed by atoms with Gasteiger partial charge < -0.3 is 28.8 Å². The van der Waals surface area contributed by atoms with E-state index in [1.807, 2.05) is 45.2 Å². The summed E-state index contributed by atoms with van der Waals surface area (Å²) in [5, 5.41) is 7.64. The topological polar surface area (TPSA) is 156 Å². The lowest BCUT2D eigenvalue weighted by Gasteiger charge is -2.53. The Morgan fingerprint density at radius 3 is 2.51 bits per heavy atom. The minimum absolute atomic E-state index is 0.0514. The van der Waals surface area contributed by atoms with Crippen LogP contribution in [0.15, 0.2) is 35.8 Å². The molecule has 7 fully saturated rings. The number of nitrogens with one attached hydrogen (secondary N) is 2. The van der Waals surface area contributed by atoms with Crippen LogP contribution >= 0.6 is 11.3 Å². The van der Waals surface area contributed by atoms with E-state index in [2.05, 4.69) is 37.3 Å². The molecule has 16 nitrogen and oxygen atoms in total. The van der Waals surface area contributed by atoms with Gasteiger partial charge in [0.1, 0.15) is 29.7 Å². The average Bonchev–Trinajstić information content (AvgIpc) is 4.05. The second kappa shape index (κ2) is 20.5. The number of carbonyl (C=O) groups excluding carboxylic acids is 3. The zero-order chi connectivity index (χ0) is 51.6. The van der Waals surface area contributed by atoms with Gasteiger partial charge >= 0.3 is 12.1 Å². The molecule has 0 spiro atoms. The van der Waals surface area contributed by atoms with Crippen molar-refractivity contribution in [3.05, 3.63) is 57.7 Å². The minimum atomic E-state index is -4.62. The summed E-state index contributed by atoms with van der Waals surface area (Å²) in [5.41, 5.74) is 6.40. The number of hydrogen-bond donors (Lipinski definition) is 2. The molecule has 6 aliphatic heterocycles. The first-order valence-corrected chi connectivity index (χ1v) is 27.1. The van der Waals surface area contributed by atoms with Crippen molar-refractivity contribution in [2.75, 3.05) is 79.4 Å². The van der Waals surface area contributed by atoms with E-state index < -0.39 is 66.3 Å². The average molecular weight is 1040 g/mol. The van der Waals surface area contributed by atoms with Crippen molar-refractivity contribution in [2.24, 2.45) is 17.3 Å². The number of halogens is 3. The number of alkyl halides is 3. The van der Waals surface area contributed by atoms with E-state index in [9.17, 15) is 9.59 Å². The van der Waals surface area contributed by atoms with Gasteiger partial charge in [0.15, 0.2) is 0 Å². The van der Waals surface area contributed by atoms with E-state index in [0.717, 1.165) is 26.2 Å². The number of nitrogens with zero attached hydrogens (tertiary/aromatic N) is 7. The Labute approximate surface area is 433 Å². The highest BCUT2D eigenvalue weighted by Crippen LogP contribution is 2.45. The molecule has 2 aliphatic carbocycles. The fraction of sp³-hybridized carbons (Fsp3) is 0.611. The molecule has 20 heteroatoms. The standard InChI is InChI=1S/C54H66F3N9O7S/c1-31-27-72-48(31)49(67)60-45-47(64-17-19-71-20-18-64)50-59-41(28-74-50)34-8-11-42-38(24-34)40(25-53(3,4)30-73-52(69)44-35-22-37(23-35)66(61-44)51(45)68)46(65(42)29-54(55,56)57)39-21-33(26-58-43(39)32(2)70-5)7-6-12-62-13-15-63(16-14-62)36-9-10-36/h8,11,21,24,26,28,31-32,35-37,44-45,47-48,61H,9-10,12-20,22-23,25,27,29-30H2,1-5H3,(H,60,67)/t31-,32-,35?,37?,44-,45?,47?,48-/m0/s1. The minimum Gasteiger partial charge on any atom is -0.464 e. The van der Waals surface area contributed by atoms with Crippen molar-refractivity contribution in [3.8, 4) is 34.4 Å². The highest BCUT2D eigenvalue weighted by molar-refractivity contribution is 7.10. The van der Waals surface area contributed by atoms with Crippen molar-refractivity contribution in [1.29, 1.82) is 0 Å². The number of rotatable bonds is 9. The van der Waals surface area contributed by atoms with Gasteiger partial charge in [0.2, 0.25) is 5.91 Å². The number of thiazole rings is 1. The van der Waals surface area contributed by atoms with Crippen LogP contribution in [0.3, 0.4) is 0 Å². The van der Waals surface area contributed by atoms with E-state index in [-0.39, 0.29) is 30.9 Å². The molecule has 74 heavy (non-hydrogen) atoms. The van der Waals surface area contributed by atoms with Crippen LogP contribution in [0.25, 0.3) is 33.4 Å². The van der Waals surface area contributed by atoms with E-state index in [4.69, 9.17) is 28.9 Å². The molecule has 8 bridgehead atoms. The third kappa shape index (κ3) is 10.3. The SMILES string of the molecule is CO[C@@H](C)c1ncc(C#CCN2CCN(C3CC3)CC2)cc1-c1c2c3cc(ccc3n1CC(F)(F)F)-c1csc(n1)C(N1CCOCC1)C(NC(=O)[C@H]1OC[C@@H]1C)C(=O)N1N[C@H](C(=O)OCC(C)(C)C2)C2CC1C2. The van der Waals surface area contributed by atoms with Gasteiger partial charge in [-0.2, -0.15) is 13.2 Å². The first kappa shape index (κ1) is 51.1. The van der Waals surface area contributed by atoms with Crippen LogP contribution < -0.4 is 10.7 Å². The lowest BCUT2D eigenvalue weighted by atomic mass is 9.73. The van der Waals surface area contributed by atoms with Crippen LogP contribution in [0.1, 0.15) is 87.4 Å². The number of aromatic nitrogens is 3. The molecule has 9 heterocycles. The molecule has 3 aromatic heterocycles. The summed E-state index contributed by atoms with van der Waals surface area (Å²) in [4.78, 5) is 60.7. The van der Waals surface area contributed by atoms with Crippen molar-refractivity contribution >= 4 is 40.0 Å². The fourth-order valence-corrected chi connectivity index (χ4v) is 12.7. The number of morpholine rings is 1. The molecule has 2 unspecified atom stereocenters. The Morgan fingerprint density at radius 2 is 1.82 bits per heavy atom. The molecular weight excluding hydrogens is 976 g/mol. The number of pyridine rings is 1. The number of carbonyl (C=O) groups is 3. The summed E-state index contributed by atoms with van der Waals surface area (Å²) in [6.45, 7) is 12.8. The molecule has 2 amide bonds. The lowest BCUT2D eigenvalue weighted by Crippen LogP contribution is -2.72. The maximum atomic E-state index is 15.2. The van der Waals surface area contributed by atoms with Gasteiger partial charge in [0.25, 0.3) is 5.91 Å². The first-order chi connectivity index (χ1) is 35.5.